The van der Waals surface area contributed by atoms with Crippen molar-refractivity contribution in [2.24, 2.45) is 0 Å². The SMILES string of the molecule is CCCOc1ccc(N(CC(=O)Nc2ccc(F)cc2F)S(C)(=O)=O)cc1. The zero-order valence-electron chi connectivity index (χ0n) is 14.9. The van der Waals surface area contributed by atoms with Crippen LogP contribution in [0.4, 0.5) is 20.2 Å². The molecule has 0 bridgehead atoms. The molecule has 0 aliphatic carbocycles. The number of nitrogens with one attached hydrogen (secondary N) is 1. The molecule has 1 amide bonds. The highest BCUT2D eigenvalue weighted by Crippen LogP contribution is 2.22. The van der Waals surface area contributed by atoms with E-state index in [1.807, 2.05) is 6.92 Å². The molecule has 0 aliphatic heterocycles. The molecule has 27 heavy (non-hydrogen) atoms. The van der Waals surface area contributed by atoms with E-state index in [1.165, 1.54) is 12.1 Å². The van der Waals surface area contributed by atoms with Gasteiger partial charge in [0.2, 0.25) is 15.9 Å². The van der Waals surface area contributed by atoms with Crippen molar-refractivity contribution in [1.82, 2.24) is 0 Å². The Morgan fingerprint density at radius 1 is 1.15 bits per heavy atom. The molecule has 2 aromatic carbocycles. The van der Waals surface area contributed by atoms with Gasteiger partial charge in [-0.3, -0.25) is 9.10 Å². The number of sulfonamides is 1. The van der Waals surface area contributed by atoms with Crippen LogP contribution in [-0.2, 0) is 14.8 Å². The number of hydrogen-bond donors (Lipinski definition) is 1. The monoisotopic (exact) mass is 398 g/mol. The van der Waals surface area contributed by atoms with Gasteiger partial charge in [0.05, 0.1) is 24.2 Å². The molecule has 146 valence electrons. The minimum atomic E-state index is -3.77. The maximum Gasteiger partial charge on any atom is 0.245 e. The quantitative estimate of drug-likeness (QED) is 0.741. The number of halogens is 2. The molecular weight excluding hydrogens is 378 g/mol. The molecule has 2 rings (SSSR count). The van der Waals surface area contributed by atoms with E-state index >= 15 is 0 Å². The molecule has 0 fully saturated rings. The normalized spacial score (nSPS) is 11.1. The van der Waals surface area contributed by atoms with Gasteiger partial charge in [-0.1, -0.05) is 6.92 Å². The second-order valence-electron chi connectivity index (χ2n) is 5.78. The minimum absolute atomic E-state index is 0.238. The van der Waals surface area contributed by atoms with E-state index in [-0.39, 0.29) is 11.4 Å². The van der Waals surface area contributed by atoms with Crippen LogP contribution in [0.5, 0.6) is 5.75 Å². The number of benzene rings is 2. The summed E-state index contributed by atoms with van der Waals surface area (Å²) in [4.78, 5) is 12.2. The number of hydrogen-bond acceptors (Lipinski definition) is 4. The molecule has 0 saturated carbocycles. The van der Waals surface area contributed by atoms with Crippen LogP contribution in [0.3, 0.4) is 0 Å². The highest BCUT2D eigenvalue weighted by atomic mass is 32.2. The molecule has 0 spiro atoms. The summed E-state index contributed by atoms with van der Waals surface area (Å²) >= 11 is 0. The van der Waals surface area contributed by atoms with E-state index in [1.54, 1.807) is 12.1 Å². The fourth-order valence-corrected chi connectivity index (χ4v) is 3.10. The third-order valence-corrected chi connectivity index (χ3v) is 4.63. The molecule has 0 aromatic heterocycles. The molecule has 0 saturated heterocycles. The van der Waals surface area contributed by atoms with Gasteiger partial charge in [0.1, 0.15) is 23.9 Å². The molecule has 6 nitrogen and oxygen atoms in total. The average molecular weight is 398 g/mol. The number of nitrogens with zero attached hydrogens (tertiary/aromatic N) is 1. The number of rotatable bonds is 8. The molecule has 9 heteroatoms. The summed E-state index contributed by atoms with van der Waals surface area (Å²) in [5.74, 6) is -1.93. The molecular formula is C18H20F2N2O4S. The second-order valence-corrected chi connectivity index (χ2v) is 7.69. The van der Waals surface area contributed by atoms with Gasteiger partial charge in [-0.05, 0) is 42.8 Å². The maximum absolute atomic E-state index is 13.7. The Morgan fingerprint density at radius 2 is 1.81 bits per heavy atom. The smallest absolute Gasteiger partial charge is 0.245 e. The fourth-order valence-electron chi connectivity index (χ4n) is 2.24. The van der Waals surface area contributed by atoms with E-state index in [2.05, 4.69) is 5.32 Å². The molecule has 0 aliphatic rings. The Hall–Kier alpha value is -2.68. The van der Waals surface area contributed by atoms with Crippen LogP contribution in [0.1, 0.15) is 13.3 Å². The summed E-state index contributed by atoms with van der Waals surface area (Å²) < 4.78 is 57.1. The van der Waals surface area contributed by atoms with Crippen LogP contribution in [-0.4, -0.2) is 33.7 Å². The van der Waals surface area contributed by atoms with Crippen molar-refractivity contribution in [3.63, 3.8) is 0 Å². The summed E-state index contributed by atoms with van der Waals surface area (Å²) in [6.45, 7) is 1.92. The van der Waals surface area contributed by atoms with Crippen molar-refractivity contribution in [3.8, 4) is 5.75 Å². The Morgan fingerprint density at radius 3 is 2.37 bits per heavy atom. The van der Waals surface area contributed by atoms with Crippen LogP contribution < -0.4 is 14.4 Å². The summed E-state index contributed by atoms with van der Waals surface area (Å²) in [6, 6.07) is 8.89. The van der Waals surface area contributed by atoms with Crippen LogP contribution in [0.25, 0.3) is 0 Å². The summed E-state index contributed by atoms with van der Waals surface area (Å²) in [6.07, 6.45) is 1.79. The van der Waals surface area contributed by atoms with Crippen molar-refractivity contribution in [1.29, 1.82) is 0 Å². The first-order chi connectivity index (χ1) is 12.7. The van der Waals surface area contributed by atoms with Crippen molar-refractivity contribution < 1.29 is 26.7 Å². The summed E-state index contributed by atoms with van der Waals surface area (Å²) in [7, 11) is -3.77. The van der Waals surface area contributed by atoms with Gasteiger partial charge >= 0.3 is 0 Å². The lowest BCUT2D eigenvalue weighted by molar-refractivity contribution is -0.114. The Labute approximate surface area is 156 Å². The van der Waals surface area contributed by atoms with Crippen LogP contribution in [0.2, 0.25) is 0 Å². The van der Waals surface area contributed by atoms with Crippen molar-refractivity contribution in [2.75, 3.05) is 29.0 Å². The predicted molar refractivity (Wildman–Crippen MR) is 99.4 cm³/mol. The van der Waals surface area contributed by atoms with Crippen molar-refractivity contribution in [2.45, 2.75) is 13.3 Å². The van der Waals surface area contributed by atoms with Gasteiger partial charge < -0.3 is 10.1 Å². The average Bonchev–Trinajstić information content (AvgIpc) is 2.60. The van der Waals surface area contributed by atoms with E-state index in [4.69, 9.17) is 4.74 Å². The molecule has 2 aromatic rings. The Balaban J connectivity index is 2.16. The number of carbonyl (C=O) groups excluding carboxylic acids is 1. The number of anilines is 2. The lowest BCUT2D eigenvalue weighted by Crippen LogP contribution is -2.37. The predicted octanol–water partition coefficient (Wildman–Crippen LogP) is 3.16. The van der Waals surface area contributed by atoms with Gasteiger partial charge in [0, 0.05) is 6.07 Å². The van der Waals surface area contributed by atoms with E-state index in [0.29, 0.717) is 18.4 Å². The van der Waals surface area contributed by atoms with Gasteiger partial charge in [-0.15, -0.1) is 0 Å². The second kappa shape index (κ2) is 8.81. The van der Waals surface area contributed by atoms with E-state index in [9.17, 15) is 22.0 Å². The standard InChI is InChI=1S/C18H20F2N2O4S/c1-3-10-26-15-7-5-14(6-8-15)22(27(2,24)25)12-18(23)21-17-9-4-13(19)11-16(17)20/h4-9,11H,3,10,12H2,1-2H3,(H,21,23). The molecule has 0 radical (unpaired) electrons. The zero-order chi connectivity index (χ0) is 20.0. The fraction of sp³-hybridized carbons (Fsp3) is 0.278. The van der Waals surface area contributed by atoms with Crippen LogP contribution >= 0.6 is 0 Å². The van der Waals surface area contributed by atoms with E-state index in [0.717, 1.165) is 29.1 Å². The van der Waals surface area contributed by atoms with Gasteiger partial charge in [-0.25, -0.2) is 17.2 Å². The minimum Gasteiger partial charge on any atom is -0.494 e. The highest BCUT2D eigenvalue weighted by molar-refractivity contribution is 7.92. The van der Waals surface area contributed by atoms with Gasteiger partial charge in [0.15, 0.2) is 0 Å². The van der Waals surface area contributed by atoms with Crippen molar-refractivity contribution >= 4 is 27.3 Å². The van der Waals surface area contributed by atoms with E-state index < -0.39 is 34.1 Å². The van der Waals surface area contributed by atoms with Gasteiger partial charge in [-0.2, -0.15) is 0 Å². The first kappa shape index (κ1) is 20.6. The van der Waals surface area contributed by atoms with Crippen molar-refractivity contribution in [3.05, 3.63) is 54.1 Å². The first-order valence-electron chi connectivity index (χ1n) is 8.16. The molecule has 1 N–H and O–H groups in total. The summed E-state index contributed by atoms with van der Waals surface area (Å²) in [5.41, 5.74) is 0.0224. The zero-order valence-corrected chi connectivity index (χ0v) is 15.7. The third kappa shape index (κ3) is 5.92. The maximum atomic E-state index is 13.7. The first-order valence-corrected chi connectivity index (χ1v) is 10.0. The van der Waals surface area contributed by atoms with Gasteiger partial charge in [0.25, 0.3) is 0 Å². The Kier molecular flexibility index (Phi) is 6.73. The number of ether oxygens (including phenoxy) is 1. The lowest BCUT2D eigenvalue weighted by Gasteiger charge is -2.22. The number of amides is 1. The Bertz CT molecular complexity index is 902. The third-order valence-electron chi connectivity index (χ3n) is 3.49. The van der Waals surface area contributed by atoms with Crippen LogP contribution in [0, 0.1) is 11.6 Å². The topological polar surface area (TPSA) is 75.7 Å². The largest absolute Gasteiger partial charge is 0.494 e. The number of carbonyl (C=O) groups is 1. The lowest BCUT2D eigenvalue weighted by atomic mass is 10.3. The molecule has 0 heterocycles. The summed E-state index contributed by atoms with van der Waals surface area (Å²) in [5, 5.41) is 2.24. The van der Waals surface area contributed by atoms with Crippen LogP contribution in [0.15, 0.2) is 42.5 Å². The molecule has 0 atom stereocenters. The highest BCUT2D eigenvalue weighted by Gasteiger charge is 2.21. The molecule has 0 unspecified atom stereocenters.